The summed E-state index contributed by atoms with van der Waals surface area (Å²) in [6.45, 7) is 2.53. The van der Waals surface area contributed by atoms with Gasteiger partial charge in [0.05, 0.1) is 24.6 Å². The molecule has 0 amide bonds. The second-order valence-electron chi connectivity index (χ2n) is 4.24. The van der Waals surface area contributed by atoms with E-state index in [1.54, 1.807) is 11.8 Å². The first-order chi connectivity index (χ1) is 8.31. The van der Waals surface area contributed by atoms with Crippen LogP contribution in [0.2, 0.25) is 0 Å². The molecule has 0 atom stereocenters. The molecule has 3 rings (SSSR count). The maximum Gasteiger partial charge on any atom is 0.162 e. The van der Waals surface area contributed by atoms with Crippen molar-refractivity contribution < 1.29 is 19.3 Å². The molecule has 17 heavy (non-hydrogen) atoms. The zero-order valence-electron chi connectivity index (χ0n) is 9.35. The third kappa shape index (κ3) is 2.10. The summed E-state index contributed by atoms with van der Waals surface area (Å²) in [5.74, 6) is 1.58. The molecule has 1 aromatic rings. The molecule has 92 valence electrons. The van der Waals surface area contributed by atoms with Crippen molar-refractivity contribution in [2.24, 2.45) is 0 Å². The number of rotatable bonds is 3. The van der Waals surface area contributed by atoms with Crippen LogP contribution in [0.15, 0.2) is 23.1 Å². The van der Waals surface area contributed by atoms with Gasteiger partial charge in [-0.2, -0.15) is 0 Å². The number of thioether (sulfide) groups is 1. The predicted molar refractivity (Wildman–Crippen MR) is 63.9 cm³/mol. The zero-order chi connectivity index (χ0) is 11.7. The average Bonchev–Trinajstić information content (AvgIpc) is 2.34. The number of fused-ring (bicyclic) bond motifs is 1. The fourth-order valence-corrected chi connectivity index (χ4v) is 3.00. The number of aliphatic hydroxyl groups is 1. The lowest BCUT2D eigenvalue weighted by atomic mass is 10.1. The van der Waals surface area contributed by atoms with Crippen LogP contribution in [-0.2, 0) is 4.74 Å². The van der Waals surface area contributed by atoms with Crippen LogP contribution in [0.1, 0.15) is 0 Å². The van der Waals surface area contributed by atoms with E-state index in [1.165, 1.54) is 0 Å². The lowest BCUT2D eigenvalue weighted by Gasteiger charge is -2.39. The fourth-order valence-electron chi connectivity index (χ4n) is 1.85. The van der Waals surface area contributed by atoms with Crippen LogP contribution < -0.4 is 9.47 Å². The first kappa shape index (κ1) is 11.2. The van der Waals surface area contributed by atoms with Crippen LogP contribution in [0.4, 0.5) is 0 Å². The Morgan fingerprint density at radius 3 is 2.59 bits per heavy atom. The number of hydrogen-bond acceptors (Lipinski definition) is 5. The van der Waals surface area contributed by atoms with Gasteiger partial charge in [-0.3, -0.25) is 0 Å². The Morgan fingerprint density at radius 2 is 1.94 bits per heavy atom. The van der Waals surface area contributed by atoms with Crippen LogP contribution in [0.5, 0.6) is 11.5 Å². The molecule has 0 saturated carbocycles. The van der Waals surface area contributed by atoms with Crippen molar-refractivity contribution >= 4 is 11.8 Å². The zero-order valence-corrected chi connectivity index (χ0v) is 10.2. The minimum absolute atomic E-state index is 0.131. The van der Waals surface area contributed by atoms with E-state index < -0.39 is 0 Å². The van der Waals surface area contributed by atoms with Gasteiger partial charge < -0.3 is 19.3 Å². The molecule has 2 aliphatic heterocycles. The smallest absolute Gasteiger partial charge is 0.162 e. The molecule has 0 spiro atoms. The maximum atomic E-state index is 9.38. The molecule has 1 fully saturated rings. The van der Waals surface area contributed by atoms with E-state index in [0.717, 1.165) is 16.4 Å². The summed E-state index contributed by atoms with van der Waals surface area (Å²) in [6.07, 6.45) is 0. The Morgan fingerprint density at radius 1 is 1.18 bits per heavy atom. The standard InChI is InChI=1S/C12H14O4S/c13-6-12(7-14-8-12)17-9-1-2-10-11(5-9)16-4-3-15-10/h1-2,5,13H,3-4,6-8H2. The van der Waals surface area contributed by atoms with E-state index in [4.69, 9.17) is 14.2 Å². The fraction of sp³-hybridized carbons (Fsp3) is 0.500. The van der Waals surface area contributed by atoms with Crippen LogP contribution in [-0.4, -0.2) is 42.9 Å². The first-order valence-electron chi connectivity index (χ1n) is 5.59. The van der Waals surface area contributed by atoms with E-state index in [0.29, 0.717) is 26.4 Å². The summed E-state index contributed by atoms with van der Waals surface area (Å²) in [4.78, 5) is 1.08. The van der Waals surface area contributed by atoms with Gasteiger partial charge in [-0.25, -0.2) is 0 Å². The van der Waals surface area contributed by atoms with Gasteiger partial charge in [0, 0.05) is 4.90 Å². The minimum atomic E-state index is -0.177. The lowest BCUT2D eigenvalue weighted by Crippen LogP contribution is -2.49. The lowest BCUT2D eigenvalue weighted by molar-refractivity contribution is -0.0318. The predicted octanol–water partition coefficient (Wildman–Crippen LogP) is 1.31. The SMILES string of the molecule is OCC1(Sc2ccc3c(c2)OCCO3)COC1. The van der Waals surface area contributed by atoms with Crippen molar-refractivity contribution in [2.45, 2.75) is 9.64 Å². The van der Waals surface area contributed by atoms with E-state index in [9.17, 15) is 5.11 Å². The maximum absolute atomic E-state index is 9.38. The topological polar surface area (TPSA) is 47.9 Å². The second-order valence-corrected chi connectivity index (χ2v) is 5.78. The van der Waals surface area contributed by atoms with Gasteiger partial charge in [-0.15, -0.1) is 11.8 Å². The summed E-state index contributed by atoms with van der Waals surface area (Å²) in [7, 11) is 0. The molecule has 4 nitrogen and oxygen atoms in total. The summed E-state index contributed by atoms with van der Waals surface area (Å²) < 4.78 is 16.0. The highest BCUT2D eigenvalue weighted by Crippen LogP contribution is 2.41. The van der Waals surface area contributed by atoms with Gasteiger partial charge in [0.25, 0.3) is 0 Å². The molecule has 0 aromatic heterocycles. The average molecular weight is 254 g/mol. The third-order valence-corrected chi connectivity index (χ3v) is 4.15. The van der Waals surface area contributed by atoms with Gasteiger partial charge in [0.15, 0.2) is 11.5 Å². The summed E-state index contributed by atoms with van der Waals surface area (Å²) in [5.41, 5.74) is 0. The Labute approximate surface area is 104 Å². The quantitative estimate of drug-likeness (QED) is 0.881. The van der Waals surface area contributed by atoms with Crippen molar-refractivity contribution in [3.63, 3.8) is 0 Å². The van der Waals surface area contributed by atoms with E-state index in [-0.39, 0.29) is 11.4 Å². The highest BCUT2D eigenvalue weighted by molar-refractivity contribution is 8.00. The van der Waals surface area contributed by atoms with Gasteiger partial charge in [0.1, 0.15) is 13.2 Å². The molecule has 0 unspecified atom stereocenters. The highest BCUT2D eigenvalue weighted by Gasteiger charge is 2.39. The van der Waals surface area contributed by atoms with Gasteiger partial charge >= 0.3 is 0 Å². The minimum Gasteiger partial charge on any atom is -0.486 e. The molecular weight excluding hydrogens is 240 g/mol. The van der Waals surface area contributed by atoms with Crippen molar-refractivity contribution in [3.8, 4) is 11.5 Å². The van der Waals surface area contributed by atoms with Crippen molar-refractivity contribution in [3.05, 3.63) is 18.2 Å². The van der Waals surface area contributed by atoms with Crippen LogP contribution >= 0.6 is 11.8 Å². The third-order valence-electron chi connectivity index (χ3n) is 2.87. The van der Waals surface area contributed by atoms with E-state index in [1.807, 2.05) is 18.2 Å². The number of benzene rings is 1. The second kappa shape index (κ2) is 4.40. The van der Waals surface area contributed by atoms with E-state index in [2.05, 4.69) is 0 Å². The van der Waals surface area contributed by atoms with Gasteiger partial charge in [-0.1, -0.05) is 0 Å². The Bertz CT molecular complexity index is 411. The molecule has 0 radical (unpaired) electrons. The molecular formula is C12H14O4S. The Balaban J connectivity index is 1.79. The number of hydrogen-bond donors (Lipinski definition) is 1. The van der Waals surface area contributed by atoms with Crippen molar-refractivity contribution in [1.82, 2.24) is 0 Å². The molecule has 1 saturated heterocycles. The van der Waals surface area contributed by atoms with Crippen LogP contribution in [0, 0.1) is 0 Å². The molecule has 0 bridgehead atoms. The Kier molecular flexibility index (Phi) is 2.90. The molecule has 2 heterocycles. The summed E-state index contributed by atoms with van der Waals surface area (Å²) in [6, 6.07) is 5.88. The van der Waals surface area contributed by atoms with Gasteiger partial charge in [0.2, 0.25) is 0 Å². The first-order valence-corrected chi connectivity index (χ1v) is 6.40. The largest absolute Gasteiger partial charge is 0.486 e. The van der Waals surface area contributed by atoms with E-state index >= 15 is 0 Å². The molecule has 2 aliphatic rings. The number of ether oxygens (including phenoxy) is 3. The molecule has 0 aliphatic carbocycles. The summed E-state index contributed by atoms with van der Waals surface area (Å²) in [5, 5.41) is 9.38. The molecule has 1 aromatic carbocycles. The van der Waals surface area contributed by atoms with Crippen LogP contribution in [0.25, 0.3) is 0 Å². The van der Waals surface area contributed by atoms with Gasteiger partial charge in [-0.05, 0) is 18.2 Å². The summed E-state index contributed by atoms with van der Waals surface area (Å²) >= 11 is 1.64. The Hall–Kier alpha value is -0.910. The van der Waals surface area contributed by atoms with Crippen LogP contribution in [0.3, 0.4) is 0 Å². The monoisotopic (exact) mass is 254 g/mol. The van der Waals surface area contributed by atoms with Crippen molar-refractivity contribution in [1.29, 1.82) is 0 Å². The molecule has 5 heteroatoms. The highest BCUT2D eigenvalue weighted by atomic mass is 32.2. The van der Waals surface area contributed by atoms with Crippen molar-refractivity contribution in [2.75, 3.05) is 33.0 Å². The molecule has 1 N–H and O–H groups in total. The number of aliphatic hydroxyl groups excluding tert-OH is 1. The normalized spacial score (nSPS) is 20.8.